The Morgan fingerprint density at radius 2 is 2.06 bits per heavy atom. The Bertz CT molecular complexity index is 412. The molecular weight excluding hydrogens is 302 g/mol. The van der Waals surface area contributed by atoms with E-state index in [2.05, 4.69) is 42.0 Å². The SMILES string of the molecule is CN(C)C(=O)NCCNc1ncnc(NN)c1Br. The van der Waals surface area contributed by atoms with Gasteiger partial charge in [-0.15, -0.1) is 0 Å². The summed E-state index contributed by atoms with van der Waals surface area (Å²) in [6.07, 6.45) is 1.39. The Morgan fingerprint density at radius 3 is 2.67 bits per heavy atom. The summed E-state index contributed by atoms with van der Waals surface area (Å²) < 4.78 is 0.645. The van der Waals surface area contributed by atoms with Gasteiger partial charge in [-0.05, 0) is 15.9 Å². The van der Waals surface area contributed by atoms with Crippen LogP contribution < -0.4 is 21.9 Å². The number of hydrogen-bond acceptors (Lipinski definition) is 6. The first-order chi connectivity index (χ1) is 8.56. The number of nitrogens with zero attached hydrogens (tertiary/aromatic N) is 3. The van der Waals surface area contributed by atoms with Crippen molar-refractivity contribution < 1.29 is 4.79 Å². The van der Waals surface area contributed by atoms with Crippen LogP contribution in [-0.2, 0) is 0 Å². The molecule has 9 heteroatoms. The lowest BCUT2D eigenvalue weighted by Crippen LogP contribution is -2.37. The number of amides is 2. The zero-order valence-corrected chi connectivity index (χ0v) is 11.8. The normalized spacial score (nSPS) is 9.78. The fourth-order valence-electron chi connectivity index (χ4n) is 1.10. The molecule has 0 saturated carbocycles. The molecule has 1 aromatic rings. The molecule has 100 valence electrons. The highest BCUT2D eigenvalue weighted by molar-refractivity contribution is 9.10. The van der Waals surface area contributed by atoms with Gasteiger partial charge in [0.1, 0.15) is 16.6 Å². The van der Waals surface area contributed by atoms with Gasteiger partial charge in [-0.2, -0.15) is 0 Å². The summed E-state index contributed by atoms with van der Waals surface area (Å²) in [4.78, 5) is 20.7. The number of rotatable bonds is 5. The molecule has 18 heavy (non-hydrogen) atoms. The predicted molar refractivity (Wildman–Crippen MR) is 73.1 cm³/mol. The molecule has 1 rings (SSSR count). The maximum atomic E-state index is 11.2. The van der Waals surface area contributed by atoms with Gasteiger partial charge in [0.05, 0.1) is 0 Å². The van der Waals surface area contributed by atoms with Gasteiger partial charge in [-0.3, -0.25) is 0 Å². The van der Waals surface area contributed by atoms with Crippen molar-refractivity contribution in [1.29, 1.82) is 0 Å². The number of anilines is 2. The van der Waals surface area contributed by atoms with E-state index in [-0.39, 0.29) is 6.03 Å². The molecule has 0 fully saturated rings. The molecule has 0 aliphatic rings. The number of nitrogens with two attached hydrogens (primary N) is 1. The van der Waals surface area contributed by atoms with Crippen LogP contribution in [-0.4, -0.2) is 48.1 Å². The van der Waals surface area contributed by atoms with Crippen LogP contribution in [0.4, 0.5) is 16.4 Å². The van der Waals surface area contributed by atoms with Crippen LogP contribution in [0.3, 0.4) is 0 Å². The third-order valence-electron chi connectivity index (χ3n) is 2.03. The number of hydrazine groups is 1. The van der Waals surface area contributed by atoms with Crippen LogP contribution in [0, 0.1) is 0 Å². The molecule has 2 amide bonds. The number of halogens is 1. The average molecular weight is 318 g/mol. The Labute approximate surface area is 113 Å². The van der Waals surface area contributed by atoms with E-state index in [0.717, 1.165) is 0 Å². The van der Waals surface area contributed by atoms with Crippen molar-refractivity contribution in [1.82, 2.24) is 20.2 Å². The highest BCUT2D eigenvalue weighted by Crippen LogP contribution is 2.25. The van der Waals surface area contributed by atoms with Gasteiger partial charge in [-0.1, -0.05) is 0 Å². The Hall–Kier alpha value is -1.61. The van der Waals surface area contributed by atoms with Gasteiger partial charge in [0, 0.05) is 27.2 Å². The highest BCUT2D eigenvalue weighted by Gasteiger charge is 2.07. The molecule has 0 aliphatic heterocycles. The van der Waals surface area contributed by atoms with Crippen molar-refractivity contribution in [2.24, 2.45) is 5.84 Å². The second kappa shape index (κ2) is 6.97. The quantitative estimate of drug-likeness (QED) is 0.351. The van der Waals surface area contributed by atoms with E-state index in [1.807, 2.05) is 0 Å². The van der Waals surface area contributed by atoms with Crippen molar-refractivity contribution in [3.05, 3.63) is 10.8 Å². The minimum atomic E-state index is -0.136. The van der Waals surface area contributed by atoms with E-state index in [0.29, 0.717) is 29.2 Å². The second-order valence-corrected chi connectivity index (χ2v) is 4.38. The maximum Gasteiger partial charge on any atom is 0.316 e. The number of nitrogens with one attached hydrogen (secondary N) is 3. The largest absolute Gasteiger partial charge is 0.367 e. The Morgan fingerprint density at radius 1 is 1.39 bits per heavy atom. The van der Waals surface area contributed by atoms with Gasteiger partial charge < -0.3 is 21.0 Å². The Balaban J connectivity index is 2.42. The molecule has 0 radical (unpaired) electrons. The van der Waals surface area contributed by atoms with Gasteiger partial charge in [0.15, 0.2) is 5.82 Å². The summed E-state index contributed by atoms with van der Waals surface area (Å²) in [6.45, 7) is 1.03. The standard InChI is InChI=1S/C9H16BrN7O/c1-17(2)9(18)13-4-3-12-7-6(10)8(16-11)15-5-14-7/h5H,3-4,11H2,1-2H3,(H,13,18)(H2,12,14,15,16). The summed E-state index contributed by atoms with van der Waals surface area (Å²) in [7, 11) is 3.37. The number of carbonyl (C=O) groups excluding carboxylic acids is 1. The molecule has 0 aromatic carbocycles. The smallest absolute Gasteiger partial charge is 0.316 e. The van der Waals surface area contributed by atoms with E-state index >= 15 is 0 Å². The van der Waals surface area contributed by atoms with Gasteiger partial charge in [0.2, 0.25) is 0 Å². The van der Waals surface area contributed by atoms with E-state index in [1.165, 1.54) is 11.2 Å². The molecule has 0 unspecified atom stereocenters. The number of carbonyl (C=O) groups is 1. The van der Waals surface area contributed by atoms with Crippen molar-refractivity contribution >= 4 is 33.6 Å². The molecule has 0 atom stereocenters. The number of nitrogen functional groups attached to an aromatic ring is 1. The first-order valence-corrected chi connectivity index (χ1v) is 6.01. The van der Waals surface area contributed by atoms with Crippen LogP contribution in [0.15, 0.2) is 10.8 Å². The lowest BCUT2D eigenvalue weighted by molar-refractivity contribution is 0.218. The molecule has 1 aromatic heterocycles. The molecule has 5 N–H and O–H groups in total. The molecule has 0 saturated heterocycles. The molecule has 1 heterocycles. The minimum Gasteiger partial charge on any atom is -0.367 e. The first-order valence-electron chi connectivity index (χ1n) is 5.22. The molecule has 0 bridgehead atoms. The van der Waals surface area contributed by atoms with E-state index in [1.54, 1.807) is 14.1 Å². The van der Waals surface area contributed by atoms with Gasteiger partial charge in [-0.25, -0.2) is 20.6 Å². The van der Waals surface area contributed by atoms with Crippen LogP contribution in [0.1, 0.15) is 0 Å². The summed E-state index contributed by atoms with van der Waals surface area (Å²) in [5, 5.41) is 5.78. The van der Waals surface area contributed by atoms with Crippen LogP contribution in [0.5, 0.6) is 0 Å². The first kappa shape index (κ1) is 14.5. The third kappa shape index (κ3) is 4.00. The molecular formula is C9H16BrN7O. The predicted octanol–water partition coefficient (Wildman–Crippen LogP) is 0.208. The second-order valence-electron chi connectivity index (χ2n) is 3.58. The molecule has 0 aliphatic carbocycles. The lowest BCUT2D eigenvalue weighted by Gasteiger charge is -2.13. The number of aromatic nitrogens is 2. The summed E-state index contributed by atoms with van der Waals surface area (Å²) in [5.41, 5.74) is 2.44. The molecule has 0 spiro atoms. The fraction of sp³-hybridized carbons (Fsp3) is 0.444. The average Bonchev–Trinajstić information content (AvgIpc) is 2.35. The summed E-state index contributed by atoms with van der Waals surface area (Å²) in [6, 6.07) is -0.136. The van der Waals surface area contributed by atoms with Crippen LogP contribution in [0.2, 0.25) is 0 Å². The lowest BCUT2D eigenvalue weighted by atomic mass is 10.5. The van der Waals surface area contributed by atoms with Gasteiger partial charge >= 0.3 is 6.03 Å². The maximum absolute atomic E-state index is 11.2. The zero-order chi connectivity index (χ0) is 13.5. The zero-order valence-electron chi connectivity index (χ0n) is 10.2. The van der Waals surface area contributed by atoms with Crippen molar-refractivity contribution in [2.45, 2.75) is 0 Å². The van der Waals surface area contributed by atoms with Crippen molar-refractivity contribution in [2.75, 3.05) is 37.9 Å². The number of hydrogen-bond donors (Lipinski definition) is 4. The third-order valence-corrected chi connectivity index (χ3v) is 2.78. The number of urea groups is 1. The van der Waals surface area contributed by atoms with E-state index in [4.69, 9.17) is 5.84 Å². The molecule has 8 nitrogen and oxygen atoms in total. The fourth-order valence-corrected chi connectivity index (χ4v) is 1.56. The highest BCUT2D eigenvalue weighted by atomic mass is 79.9. The van der Waals surface area contributed by atoms with Crippen molar-refractivity contribution in [3.8, 4) is 0 Å². The Kier molecular flexibility index (Phi) is 5.59. The van der Waals surface area contributed by atoms with Gasteiger partial charge in [0.25, 0.3) is 0 Å². The van der Waals surface area contributed by atoms with Crippen LogP contribution in [0.25, 0.3) is 0 Å². The monoisotopic (exact) mass is 317 g/mol. The minimum absolute atomic E-state index is 0.136. The van der Waals surface area contributed by atoms with Crippen molar-refractivity contribution in [3.63, 3.8) is 0 Å². The topological polar surface area (TPSA) is 108 Å². The van der Waals surface area contributed by atoms with E-state index in [9.17, 15) is 4.79 Å². The van der Waals surface area contributed by atoms with E-state index < -0.39 is 0 Å². The summed E-state index contributed by atoms with van der Waals surface area (Å²) >= 11 is 3.32. The van der Waals surface area contributed by atoms with Crippen LogP contribution >= 0.6 is 15.9 Å². The summed E-state index contributed by atoms with van der Waals surface area (Å²) in [5.74, 6) is 6.39.